The summed E-state index contributed by atoms with van der Waals surface area (Å²) < 4.78 is 19.1. The molecule has 1 aromatic carbocycles. The normalized spacial score (nSPS) is 19.5. The topological polar surface area (TPSA) is 64.4 Å². The third-order valence-corrected chi connectivity index (χ3v) is 2.56. The molecule has 1 fully saturated rings. The molecule has 1 aromatic rings. The van der Waals surface area contributed by atoms with Gasteiger partial charge in [-0.05, 0) is 12.1 Å². The van der Waals surface area contributed by atoms with E-state index in [1.165, 1.54) is 6.07 Å². The molecule has 0 bridgehead atoms. The second-order valence-electron chi connectivity index (χ2n) is 3.66. The minimum Gasteiger partial charge on any atom is -0.371 e. The van der Waals surface area contributed by atoms with Crippen molar-refractivity contribution in [3.05, 3.63) is 35.1 Å². The number of nitrogens with two attached hydrogens (primary N) is 1. The summed E-state index contributed by atoms with van der Waals surface area (Å²) in [7, 11) is 0. The smallest absolute Gasteiger partial charge is 0.248 e. The van der Waals surface area contributed by atoms with E-state index in [-0.39, 0.29) is 24.1 Å². The third kappa shape index (κ3) is 3.15. The summed E-state index contributed by atoms with van der Waals surface area (Å²) in [6, 6.07) is 4.21. The van der Waals surface area contributed by atoms with Crippen LogP contribution < -0.4 is 11.1 Å². The summed E-state index contributed by atoms with van der Waals surface area (Å²) in [5.74, 6) is -1.09. The SMILES string of the molecule is Cl.NC(=O)c1ccc([C@@H]2CNCCO2)c(F)c1. The van der Waals surface area contributed by atoms with E-state index in [9.17, 15) is 9.18 Å². The Morgan fingerprint density at radius 3 is 2.82 bits per heavy atom. The predicted octanol–water partition coefficient (Wildman–Crippen LogP) is 1.01. The molecule has 3 N–H and O–H groups in total. The number of benzene rings is 1. The number of rotatable bonds is 2. The molecule has 0 radical (unpaired) electrons. The van der Waals surface area contributed by atoms with Crippen molar-refractivity contribution >= 4 is 18.3 Å². The molecule has 0 saturated carbocycles. The Bertz CT molecular complexity index is 408. The Hall–Kier alpha value is -1.17. The summed E-state index contributed by atoms with van der Waals surface area (Å²) in [5, 5.41) is 3.11. The molecule has 1 heterocycles. The van der Waals surface area contributed by atoms with Crippen LogP contribution in [-0.2, 0) is 4.74 Å². The Labute approximate surface area is 105 Å². The number of carbonyl (C=O) groups excluding carboxylic acids is 1. The molecule has 1 saturated heterocycles. The number of primary amides is 1. The summed E-state index contributed by atoms with van der Waals surface area (Å²) in [6.07, 6.45) is -0.296. The molecule has 6 heteroatoms. The van der Waals surface area contributed by atoms with E-state index < -0.39 is 11.7 Å². The number of amides is 1. The summed E-state index contributed by atoms with van der Waals surface area (Å²) in [5.41, 5.74) is 5.69. The van der Waals surface area contributed by atoms with Gasteiger partial charge in [-0.2, -0.15) is 0 Å². The van der Waals surface area contributed by atoms with Gasteiger partial charge in [-0.15, -0.1) is 12.4 Å². The van der Waals surface area contributed by atoms with E-state index in [0.717, 1.165) is 12.6 Å². The predicted molar refractivity (Wildman–Crippen MR) is 63.7 cm³/mol. The van der Waals surface area contributed by atoms with Crippen LogP contribution in [0.3, 0.4) is 0 Å². The minimum atomic E-state index is -0.631. The molecule has 0 spiro atoms. The average molecular weight is 261 g/mol. The molecule has 0 unspecified atom stereocenters. The first-order chi connectivity index (χ1) is 7.68. The highest BCUT2D eigenvalue weighted by molar-refractivity contribution is 5.92. The van der Waals surface area contributed by atoms with Gasteiger partial charge in [-0.1, -0.05) is 6.07 Å². The highest BCUT2D eigenvalue weighted by Crippen LogP contribution is 2.22. The number of ether oxygens (including phenoxy) is 1. The maximum absolute atomic E-state index is 13.7. The maximum Gasteiger partial charge on any atom is 0.248 e. The highest BCUT2D eigenvalue weighted by atomic mass is 35.5. The van der Waals surface area contributed by atoms with Crippen LogP contribution >= 0.6 is 12.4 Å². The molecule has 2 rings (SSSR count). The molecule has 1 amide bonds. The molecule has 17 heavy (non-hydrogen) atoms. The summed E-state index contributed by atoms with van der Waals surface area (Å²) in [6.45, 7) is 1.91. The largest absolute Gasteiger partial charge is 0.371 e. The second-order valence-corrected chi connectivity index (χ2v) is 3.66. The standard InChI is InChI=1S/C11H13FN2O2.ClH/c12-9-5-7(11(13)15)1-2-8(9)10-6-14-3-4-16-10;/h1-2,5,10,14H,3-4,6H2,(H2,13,15);1H/t10-;/m0./s1. The van der Waals surface area contributed by atoms with Crippen molar-refractivity contribution in [1.29, 1.82) is 0 Å². The number of morpholine rings is 1. The highest BCUT2D eigenvalue weighted by Gasteiger charge is 2.19. The number of hydrogen-bond acceptors (Lipinski definition) is 3. The van der Waals surface area contributed by atoms with Crippen LogP contribution in [0.25, 0.3) is 0 Å². The first-order valence-corrected chi connectivity index (χ1v) is 5.10. The van der Waals surface area contributed by atoms with Crippen LogP contribution in [0.4, 0.5) is 4.39 Å². The number of nitrogens with one attached hydrogen (secondary N) is 1. The first-order valence-electron chi connectivity index (χ1n) is 5.10. The lowest BCUT2D eigenvalue weighted by atomic mass is 10.0. The third-order valence-electron chi connectivity index (χ3n) is 2.56. The van der Waals surface area contributed by atoms with Crippen molar-refractivity contribution in [1.82, 2.24) is 5.32 Å². The van der Waals surface area contributed by atoms with E-state index >= 15 is 0 Å². The Morgan fingerprint density at radius 1 is 1.53 bits per heavy atom. The van der Waals surface area contributed by atoms with Gasteiger partial charge in [0.2, 0.25) is 5.91 Å². The zero-order valence-electron chi connectivity index (χ0n) is 9.11. The Balaban J connectivity index is 0.00000144. The van der Waals surface area contributed by atoms with Crippen molar-refractivity contribution in [2.45, 2.75) is 6.10 Å². The molecule has 1 atom stereocenters. The Kier molecular flexibility index (Phi) is 4.86. The van der Waals surface area contributed by atoms with Crippen LogP contribution in [0.2, 0.25) is 0 Å². The van der Waals surface area contributed by atoms with Gasteiger partial charge in [0.1, 0.15) is 5.82 Å². The lowest BCUT2D eigenvalue weighted by Gasteiger charge is -2.24. The van der Waals surface area contributed by atoms with E-state index in [1.807, 2.05) is 0 Å². The number of halogens is 2. The van der Waals surface area contributed by atoms with Gasteiger partial charge in [-0.3, -0.25) is 4.79 Å². The summed E-state index contributed by atoms with van der Waals surface area (Å²) >= 11 is 0. The zero-order valence-corrected chi connectivity index (χ0v) is 9.93. The number of hydrogen-bond donors (Lipinski definition) is 2. The molecular formula is C11H14ClFN2O2. The van der Waals surface area contributed by atoms with Crippen LogP contribution in [0.5, 0.6) is 0 Å². The fourth-order valence-corrected chi connectivity index (χ4v) is 1.71. The van der Waals surface area contributed by atoms with Crippen molar-refractivity contribution in [2.24, 2.45) is 5.73 Å². The minimum absolute atomic E-state index is 0. The van der Waals surface area contributed by atoms with Crippen LogP contribution in [0.15, 0.2) is 18.2 Å². The average Bonchev–Trinajstić information content (AvgIpc) is 2.30. The fourth-order valence-electron chi connectivity index (χ4n) is 1.71. The van der Waals surface area contributed by atoms with Gasteiger partial charge in [0, 0.05) is 24.2 Å². The van der Waals surface area contributed by atoms with Gasteiger partial charge in [0.05, 0.1) is 12.7 Å². The monoisotopic (exact) mass is 260 g/mol. The van der Waals surface area contributed by atoms with Gasteiger partial charge in [0.15, 0.2) is 0 Å². The van der Waals surface area contributed by atoms with E-state index in [0.29, 0.717) is 18.7 Å². The van der Waals surface area contributed by atoms with Gasteiger partial charge >= 0.3 is 0 Å². The van der Waals surface area contributed by atoms with Gasteiger partial charge in [0.25, 0.3) is 0 Å². The van der Waals surface area contributed by atoms with E-state index in [2.05, 4.69) is 5.32 Å². The molecule has 1 aliphatic rings. The summed E-state index contributed by atoms with van der Waals surface area (Å²) in [4.78, 5) is 10.9. The maximum atomic E-state index is 13.7. The molecule has 4 nitrogen and oxygen atoms in total. The van der Waals surface area contributed by atoms with Crippen LogP contribution in [0.1, 0.15) is 22.0 Å². The van der Waals surface area contributed by atoms with Crippen molar-refractivity contribution in [3.8, 4) is 0 Å². The lowest BCUT2D eigenvalue weighted by molar-refractivity contribution is 0.0255. The quantitative estimate of drug-likeness (QED) is 0.834. The fraction of sp³-hybridized carbons (Fsp3) is 0.364. The number of carbonyl (C=O) groups is 1. The molecule has 0 aliphatic carbocycles. The zero-order chi connectivity index (χ0) is 11.5. The van der Waals surface area contributed by atoms with Crippen LogP contribution in [0, 0.1) is 5.82 Å². The van der Waals surface area contributed by atoms with Gasteiger partial charge in [-0.25, -0.2) is 4.39 Å². The first kappa shape index (κ1) is 13.9. The van der Waals surface area contributed by atoms with Crippen LogP contribution in [-0.4, -0.2) is 25.6 Å². The molecule has 0 aromatic heterocycles. The Morgan fingerprint density at radius 2 is 2.29 bits per heavy atom. The van der Waals surface area contributed by atoms with Gasteiger partial charge < -0.3 is 15.8 Å². The van der Waals surface area contributed by atoms with Crippen molar-refractivity contribution in [2.75, 3.05) is 19.7 Å². The van der Waals surface area contributed by atoms with Crippen molar-refractivity contribution in [3.63, 3.8) is 0 Å². The van der Waals surface area contributed by atoms with E-state index in [4.69, 9.17) is 10.5 Å². The molecule has 1 aliphatic heterocycles. The molecular weight excluding hydrogens is 247 g/mol. The van der Waals surface area contributed by atoms with Crippen molar-refractivity contribution < 1.29 is 13.9 Å². The molecule has 94 valence electrons. The lowest BCUT2D eigenvalue weighted by Crippen LogP contribution is -2.33. The van der Waals surface area contributed by atoms with E-state index in [1.54, 1.807) is 6.07 Å². The second kappa shape index (κ2) is 5.95.